The zero-order chi connectivity index (χ0) is 14.3. The Morgan fingerprint density at radius 1 is 1.15 bits per heavy atom. The lowest BCUT2D eigenvalue weighted by Crippen LogP contribution is -2.13. The first-order valence-corrected chi connectivity index (χ1v) is 7.16. The Labute approximate surface area is 129 Å². The fourth-order valence-corrected chi connectivity index (χ4v) is 2.63. The zero-order valence-electron chi connectivity index (χ0n) is 10.5. The smallest absolute Gasteiger partial charge is 0.144 e. The van der Waals surface area contributed by atoms with Crippen LogP contribution < -0.4 is 0 Å². The minimum Gasteiger partial charge on any atom is -0.359 e. The molecule has 2 aromatic rings. The van der Waals surface area contributed by atoms with Gasteiger partial charge in [-0.15, -0.1) is 0 Å². The summed E-state index contributed by atoms with van der Waals surface area (Å²) in [5, 5.41) is 0. The van der Waals surface area contributed by atoms with E-state index in [-0.39, 0.29) is 0 Å². The van der Waals surface area contributed by atoms with Crippen LogP contribution in [-0.4, -0.2) is 6.61 Å². The van der Waals surface area contributed by atoms with E-state index < -0.39 is 17.2 Å². The summed E-state index contributed by atoms with van der Waals surface area (Å²) < 4.78 is 33.6. The Hall–Kier alpha value is -1.27. The third kappa shape index (κ3) is 2.27. The lowest BCUT2D eigenvalue weighted by molar-refractivity contribution is 0.357. The van der Waals surface area contributed by atoms with Crippen LogP contribution in [0.5, 0.6) is 0 Å². The maximum atomic E-state index is 14.0. The van der Waals surface area contributed by atoms with E-state index in [0.717, 1.165) is 15.2 Å². The molecule has 3 rings (SSSR count). The van der Waals surface area contributed by atoms with E-state index in [9.17, 15) is 8.78 Å². The van der Waals surface area contributed by atoms with Gasteiger partial charge in [-0.05, 0) is 58.0 Å². The van der Waals surface area contributed by atoms with E-state index in [2.05, 4.69) is 29.2 Å². The maximum absolute atomic E-state index is 14.0. The minimum absolute atomic E-state index is 0.336. The van der Waals surface area contributed by atoms with Gasteiger partial charge in [0.05, 0.1) is 6.61 Å². The second-order valence-corrected chi connectivity index (χ2v) is 5.97. The molecule has 0 aromatic heterocycles. The highest BCUT2D eigenvalue weighted by Gasteiger charge is 2.51. The molecule has 1 heterocycles. The second-order valence-electron chi connectivity index (χ2n) is 4.73. The molecular weight excluding hydrogens is 373 g/mol. The van der Waals surface area contributed by atoms with Crippen molar-refractivity contribution < 1.29 is 13.5 Å². The van der Waals surface area contributed by atoms with E-state index in [0.29, 0.717) is 17.7 Å². The molecule has 1 fully saturated rings. The molecule has 0 saturated carbocycles. The Morgan fingerprint density at radius 3 is 2.35 bits per heavy atom. The van der Waals surface area contributed by atoms with E-state index >= 15 is 0 Å². The summed E-state index contributed by atoms with van der Waals surface area (Å²) in [5.74, 6) is -1.20. The standard InChI is InChI=1S/C16H11F2IO/c1-10(11-2-5-13(19)6-3-11)16(9-20-16)14-7-4-12(17)8-15(14)18/h2-8H,1,9H2. The first-order valence-electron chi connectivity index (χ1n) is 6.08. The third-order valence-electron chi connectivity index (χ3n) is 3.48. The summed E-state index contributed by atoms with van der Waals surface area (Å²) in [6.07, 6.45) is 0. The average Bonchev–Trinajstić information content (AvgIpc) is 3.20. The van der Waals surface area contributed by atoms with Gasteiger partial charge in [0, 0.05) is 15.2 Å². The topological polar surface area (TPSA) is 12.5 Å². The van der Waals surface area contributed by atoms with Crippen LogP contribution in [0.15, 0.2) is 49.0 Å². The second kappa shape index (κ2) is 4.93. The van der Waals surface area contributed by atoms with Crippen molar-refractivity contribution in [1.29, 1.82) is 0 Å². The van der Waals surface area contributed by atoms with E-state index in [1.165, 1.54) is 12.1 Å². The summed E-state index contributed by atoms with van der Waals surface area (Å²) in [5.41, 5.74) is 1.07. The molecule has 1 aliphatic heterocycles. The van der Waals surface area contributed by atoms with Crippen LogP contribution >= 0.6 is 22.6 Å². The van der Waals surface area contributed by atoms with Crippen LogP contribution in [0.2, 0.25) is 0 Å². The van der Waals surface area contributed by atoms with Gasteiger partial charge in [-0.2, -0.15) is 0 Å². The van der Waals surface area contributed by atoms with Crippen molar-refractivity contribution in [1.82, 2.24) is 0 Å². The highest BCUT2D eigenvalue weighted by atomic mass is 127. The molecule has 0 bridgehead atoms. The van der Waals surface area contributed by atoms with E-state index in [1.54, 1.807) is 0 Å². The molecule has 0 spiro atoms. The first kappa shape index (κ1) is 13.7. The van der Waals surface area contributed by atoms with Gasteiger partial charge < -0.3 is 4.74 Å². The van der Waals surface area contributed by atoms with Crippen LogP contribution in [0.25, 0.3) is 5.57 Å². The van der Waals surface area contributed by atoms with Crippen molar-refractivity contribution in [2.24, 2.45) is 0 Å². The van der Waals surface area contributed by atoms with Gasteiger partial charge in [-0.25, -0.2) is 8.78 Å². The monoisotopic (exact) mass is 384 g/mol. The Kier molecular flexibility index (Phi) is 3.38. The molecule has 20 heavy (non-hydrogen) atoms. The first-order chi connectivity index (χ1) is 9.53. The van der Waals surface area contributed by atoms with Crippen molar-refractivity contribution in [3.63, 3.8) is 0 Å². The van der Waals surface area contributed by atoms with Crippen molar-refractivity contribution in [3.05, 3.63) is 75.4 Å². The molecule has 0 aliphatic carbocycles. The van der Waals surface area contributed by atoms with Gasteiger partial charge in [-0.3, -0.25) is 0 Å². The molecule has 1 aliphatic rings. The zero-order valence-corrected chi connectivity index (χ0v) is 12.7. The molecule has 1 atom stereocenters. The van der Waals surface area contributed by atoms with Gasteiger partial charge in [0.2, 0.25) is 0 Å². The molecular formula is C16H11F2IO. The lowest BCUT2D eigenvalue weighted by Gasteiger charge is -2.17. The van der Waals surface area contributed by atoms with Crippen LogP contribution in [-0.2, 0) is 10.3 Å². The van der Waals surface area contributed by atoms with Gasteiger partial charge in [-0.1, -0.05) is 18.7 Å². The quantitative estimate of drug-likeness (QED) is 0.561. The van der Waals surface area contributed by atoms with Crippen molar-refractivity contribution in [3.8, 4) is 0 Å². The van der Waals surface area contributed by atoms with Gasteiger partial charge in [0.1, 0.15) is 17.2 Å². The number of epoxide rings is 1. The van der Waals surface area contributed by atoms with Crippen molar-refractivity contribution >= 4 is 28.2 Å². The summed E-state index contributed by atoms with van der Waals surface area (Å²) in [7, 11) is 0. The van der Waals surface area contributed by atoms with Gasteiger partial charge >= 0.3 is 0 Å². The number of ether oxygens (including phenoxy) is 1. The lowest BCUT2D eigenvalue weighted by atomic mass is 9.88. The fraction of sp³-hybridized carbons (Fsp3) is 0.125. The fourth-order valence-electron chi connectivity index (χ4n) is 2.27. The van der Waals surface area contributed by atoms with E-state index in [4.69, 9.17) is 4.74 Å². The predicted molar refractivity (Wildman–Crippen MR) is 82.2 cm³/mol. The molecule has 1 unspecified atom stereocenters. The van der Waals surface area contributed by atoms with Crippen LogP contribution in [0.3, 0.4) is 0 Å². The van der Waals surface area contributed by atoms with Gasteiger partial charge in [0.15, 0.2) is 0 Å². The third-order valence-corrected chi connectivity index (χ3v) is 4.20. The Bertz CT molecular complexity index is 675. The summed E-state index contributed by atoms with van der Waals surface area (Å²) >= 11 is 2.21. The average molecular weight is 384 g/mol. The SMILES string of the molecule is C=C(c1ccc(I)cc1)C1(c2ccc(F)cc2F)CO1. The van der Waals surface area contributed by atoms with Crippen molar-refractivity contribution in [2.75, 3.05) is 6.61 Å². The molecule has 1 nitrogen and oxygen atoms in total. The highest BCUT2D eigenvalue weighted by molar-refractivity contribution is 14.1. The molecule has 102 valence electrons. The summed E-state index contributed by atoms with van der Waals surface area (Å²) in [6, 6.07) is 11.3. The number of hydrogen-bond acceptors (Lipinski definition) is 1. The summed E-state index contributed by atoms with van der Waals surface area (Å²) in [4.78, 5) is 0. The molecule has 0 radical (unpaired) electrons. The number of benzene rings is 2. The predicted octanol–water partition coefficient (Wildman–Crippen LogP) is 4.51. The van der Waals surface area contributed by atoms with Crippen LogP contribution in [0, 0.1) is 15.2 Å². The molecule has 0 N–H and O–H groups in total. The minimum atomic E-state index is -0.857. The largest absolute Gasteiger partial charge is 0.359 e. The normalized spacial score (nSPS) is 20.8. The molecule has 1 saturated heterocycles. The number of halogens is 3. The van der Waals surface area contributed by atoms with Crippen LogP contribution in [0.4, 0.5) is 8.78 Å². The van der Waals surface area contributed by atoms with Crippen LogP contribution in [0.1, 0.15) is 11.1 Å². The Balaban J connectivity index is 2.00. The number of hydrogen-bond donors (Lipinski definition) is 0. The molecule has 0 amide bonds. The van der Waals surface area contributed by atoms with Crippen molar-refractivity contribution in [2.45, 2.75) is 5.60 Å². The summed E-state index contributed by atoms with van der Waals surface area (Å²) in [6.45, 7) is 4.40. The van der Waals surface area contributed by atoms with Gasteiger partial charge in [0.25, 0.3) is 0 Å². The molecule has 2 aromatic carbocycles. The maximum Gasteiger partial charge on any atom is 0.144 e. The number of rotatable bonds is 3. The molecule has 4 heteroatoms. The Morgan fingerprint density at radius 2 is 1.80 bits per heavy atom. The highest BCUT2D eigenvalue weighted by Crippen LogP contribution is 2.49. The van der Waals surface area contributed by atoms with E-state index in [1.807, 2.05) is 24.3 Å².